The Kier molecular flexibility index (Phi) is 9.08. The van der Waals surface area contributed by atoms with Crippen LogP contribution in [-0.4, -0.2) is 80.7 Å². The van der Waals surface area contributed by atoms with Gasteiger partial charge in [0.2, 0.25) is 6.29 Å². The number of esters is 1. The van der Waals surface area contributed by atoms with Crippen LogP contribution in [0.3, 0.4) is 0 Å². The van der Waals surface area contributed by atoms with Gasteiger partial charge in [0.25, 0.3) is 0 Å². The molecule has 0 bridgehead atoms. The van der Waals surface area contributed by atoms with Gasteiger partial charge in [-0.05, 0) is 42.2 Å². The molecule has 0 amide bonds. The number of morpholine rings is 1. The second-order valence-electron chi connectivity index (χ2n) is 9.82. The molecule has 214 valence electrons. The monoisotopic (exact) mass is 563 g/mol. The number of hydrogen-bond donors (Lipinski definition) is 0. The maximum atomic E-state index is 14.5. The number of alkyl halides is 3. The minimum Gasteiger partial charge on any atom is -0.495 e. The fraction of sp³-hybridized carbons (Fsp3) is 0.464. The highest BCUT2D eigenvalue weighted by atomic mass is 19.4. The quantitative estimate of drug-likeness (QED) is 0.309. The second-order valence-corrected chi connectivity index (χ2v) is 9.82. The van der Waals surface area contributed by atoms with Crippen molar-refractivity contribution < 1.29 is 41.4 Å². The number of ether oxygens (including phenoxy) is 3. The summed E-state index contributed by atoms with van der Waals surface area (Å²) in [6.07, 6.45) is -5.19. The first-order valence-electron chi connectivity index (χ1n) is 12.7. The molecule has 0 N–H and O–H groups in total. The van der Waals surface area contributed by atoms with Crippen LogP contribution >= 0.6 is 0 Å². The number of halogens is 4. The van der Waals surface area contributed by atoms with Gasteiger partial charge in [-0.2, -0.15) is 18.4 Å². The van der Waals surface area contributed by atoms with E-state index in [1.165, 1.54) is 13.2 Å². The maximum absolute atomic E-state index is 14.5. The summed E-state index contributed by atoms with van der Waals surface area (Å²) in [5.74, 6) is -0.317. The van der Waals surface area contributed by atoms with Crippen LogP contribution in [0.1, 0.15) is 44.3 Å². The Bertz CT molecular complexity index is 1310. The molecule has 0 saturated carbocycles. The maximum Gasteiger partial charge on any atom is 0.446 e. The Labute approximate surface area is 229 Å². The molecule has 3 aliphatic rings. The smallest absolute Gasteiger partial charge is 0.446 e. The summed E-state index contributed by atoms with van der Waals surface area (Å²) in [6.45, 7) is 7.23. The zero-order chi connectivity index (χ0) is 29.0. The second kappa shape index (κ2) is 12.3. The molecule has 0 aromatic heterocycles. The lowest BCUT2D eigenvalue weighted by molar-refractivity contribution is -0.156. The Morgan fingerprint density at radius 2 is 1.98 bits per heavy atom. The summed E-state index contributed by atoms with van der Waals surface area (Å²) in [6, 6.07) is 9.11. The molecule has 12 heteroatoms. The molecular formula is C28H29F4N3O5. The lowest BCUT2D eigenvalue weighted by Crippen LogP contribution is -2.58. The normalized spacial score (nSPS) is 20.9. The highest BCUT2D eigenvalue weighted by molar-refractivity contribution is 5.94. The van der Waals surface area contributed by atoms with Crippen LogP contribution in [0.25, 0.3) is 0 Å². The summed E-state index contributed by atoms with van der Waals surface area (Å²) < 4.78 is 62.3. The molecule has 0 spiro atoms. The van der Waals surface area contributed by atoms with E-state index >= 15 is 0 Å². The van der Waals surface area contributed by atoms with Gasteiger partial charge < -0.3 is 19.1 Å². The molecular weight excluding hydrogens is 534 g/mol. The molecule has 0 radical (unpaired) electrons. The van der Waals surface area contributed by atoms with E-state index in [1.807, 2.05) is 19.1 Å². The van der Waals surface area contributed by atoms with Crippen molar-refractivity contribution >= 4 is 12.3 Å². The van der Waals surface area contributed by atoms with Crippen molar-refractivity contribution in [3.05, 3.63) is 63.5 Å². The number of nitriles is 1. The Hall–Kier alpha value is -3.53. The van der Waals surface area contributed by atoms with Crippen LogP contribution in [0.4, 0.5) is 17.6 Å². The molecule has 2 atom stereocenters. The van der Waals surface area contributed by atoms with E-state index in [9.17, 15) is 27.6 Å². The number of fused-ring (bicyclic) bond motifs is 2. The van der Waals surface area contributed by atoms with Crippen LogP contribution in [0.5, 0.6) is 5.75 Å². The van der Waals surface area contributed by atoms with E-state index in [1.54, 1.807) is 6.07 Å². The molecule has 2 aromatic rings. The van der Waals surface area contributed by atoms with Crippen molar-refractivity contribution in [1.82, 2.24) is 9.80 Å². The van der Waals surface area contributed by atoms with Crippen LogP contribution < -0.4 is 4.74 Å². The minimum atomic E-state index is -4.64. The van der Waals surface area contributed by atoms with E-state index in [4.69, 9.17) is 19.0 Å². The van der Waals surface area contributed by atoms with Crippen LogP contribution in [0.15, 0.2) is 24.3 Å². The van der Waals surface area contributed by atoms with Crippen molar-refractivity contribution in [2.75, 3.05) is 46.4 Å². The summed E-state index contributed by atoms with van der Waals surface area (Å²) in [5, 5.41) is 9.29. The summed E-state index contributed by atoms with van der Waals surface area (Å²) in [7, 11) is 1.44. The number of nitrogens with zero attached hydrogens (tertiary/aromatic N) is 3. The van der Waals surface area contributed by atoms with Gasteiger partial charge in [-0.15, -0.1) is 0 Å². The first-order chi connectivity index (χ1) is 19.0. The van der Waals surface area contributed by atoms with Gasteiger partial charge in [0.1, 0.15) is 24.2 Å². The van der Waals surface area contributed by atoms with Gasteiger partial charge in [-0.3, -0.25) is 9.69 Å². The number of cyclic esters (lactones) is 1. The predicted molar refractivity (Wildman–Crippen MR) is 134 cm³/mol. The Balaban J connectivity index is 0.000000557. The first-order valence-corrected chi connectivity index (χ1v) is 12.7. The number of piperazine rings is 1. The zero-order valence-corrected chi connectivity index (χ0v) is 22.1. The molecule has 0 aliphatic carbocycles. The van der Waals surface area contributed by atoms with E-state index in [0.29, 0.717) is 42.4 Å². The number of rotatable bonds is 5. The lowest BCUT2D eigenvalue weighted by atomic mass is 9.94. The van der Waals surface area contributed by atoms with Crippen molar-refractivity contribution in [1.29, 1.82) is 5.26 Å². The molecule has 2 aromatic carbocycles. The van der Waals surface area contributed by atoms with E-state index < -0.39 is 12.5 Å². The predicted octanol–water partition coefficient (Wildman–Crippen LogP) is 3.73. The van der Waals surface area contributed by atoms with E-state index in [2.05, 4.69) is 15.9 Å². The fourth-order valence-electron chi connectivity index (χ4n) is 5.28. The van der Waals surface area contributed by atoms with Crippen molar-refractivity contribution in [3.63, 3.8) is 0 Å². The van der Waals surface area contributed by atoms with Crippen molar-refractivity contribution in [2.24, 2.45) is 0 Å². The average molecular weight is 564 g/mol. The number of carbonyl (C=O) groups excluding carboxylic acids is 2. The molecule has 5 rings (SSSR count). The average Bonchev–Trinajstić information content (AvgIpc) is 3.33. The van der Waals surface area contributed by atoms with Crippen LogP contribution in [0.2, 0.25) is 0 Å². The van der Waals surface area contributed by atoms with E-state index in [-0.39, 0.29) is 23.6 Å². The molecule has 40 heavy (non-hydrogen) atoms. The largest absolute Gasteiger partial charge is 0.495 e. The topological polar surface area (TPSA) is 92.1 Å². The minimum absolute atomic E-state index is 0.0263. The molecule has 8 nitrogen and oxygen atoms in total. The lowest BCUT2D eigenvalue weighted by Gasteiger charge is -2.46. The third-order valence-corrected chi connectivity index (χ3v) is 7.45. The number of hydrogen-bond acceptors (Lipinski definition) is 8. The summed E-state index contributed by atoms with van der Waals surface area (Å²) in [5.41, 5.74) is 4.74. The van der Waals surface area contributed by atoms with Crippen molar-refractivity contribution in [2.45, 2.75) is 38.3 Å². The summed E-state index contributed by atoms with van der Waals surface area (Å²) >= 11 is 0. The SMILES string of the molecule is COc1cc(F)c(CCN2CCN3C[C@@H](c4ccc5c(c4C)COC5=O)OC[C@@H]3C2)cc1C#N.O=CC(F)(F)F. The van der Waals surface area contributed by atoms with Gasteiger partial charge >= 0.3 is 12.1 Å². The molecule has 3 heterocycles. The highest BCUT2D eigenvalue weighted by Gasteiger charge is 2.35. The molecule has 0 unspecified atom stereocenters. The van der Waals surface area contributed by atoms with Gasteiger partial charge in [0.15, 0.2) is 0 Å². The van der Waals surface area contributed by atoms with Crippen LogP contribution in [0, 0.1) is 24.1 Å². The molecule has 3 aliphatic heterocycles. The van der Waals surface area contributed by atoms with Gasteiger partial charge in [-0.1, -0.05) is 6.07 Å². The number of carbonyl (C=O) groups is 2. The number of methoxy groups -OCH3 is 1. The zero-order valence-electron chi connectivity index (χ0n) is 22.1. The molecule has 2 fully saturated rings. The summed E-state index contributed by atoms with van der Waals surface area (Å²) in [4.78, 5) is 25.4. The van der Waals surface area contributed by atoms with Gasteiger partial charge in [-0.25, -0.2) is 9.18 Å². The molecule has 2 saturated heterocycles. The standard InChI is InChI=1S/C26H28FN3O4.C2HF3O/c1-16-20(3-4-21-22(16)15-34-26(21)31)25-13-30-8-7-29(12-19(30)14-33-25)6-5-17-9-18(11-28)24(32-2)10-23(17)27;3-2(4,5)1-6/h3-4,9-10,19,25H,5-8,12-15H2,1-2H3;1H/t19-,25-;/m0./s1. The third-order valence-electron chi connectivity index (χ3n) is 7.45. The van der Waals surface area contributed by atoms with Crippen LogP contribution in [-0.2, 0) is 27.3 Å². The number of benzene rings is 2. The Morgan fingerprint density at radius 3 is 2.65 bits per heavy atom. The fourth-order valence-corrected chi connectivity index (χ4v) is 5.28. The van der Waals surface area contributed by atoms with Crippen molar-refractivity contribution in [3.8, 4) is 11.8 Å². The Morgan fingerprint density at radius 1 is 1.23 bits per heavy atom. The van der Waals surface area contributed by atoms with Gasteiger partial charge in [0, 0.05) is 50.4 Å². The highest BCUT2D eigenvalue weighted by Crippen LogP contribution is 2.33. The number of aldehydes is 1. The first kappa shape index (κ1) is 29.5. The third kappa shape index (κ3) is 6.60. The van der Waals surface area contributed by atoms with Gasteiger partial charge in [0.05, 0.1) is 30.9 Å². The van der Waals surface area contributed by atoms with E-state index in [0.717, 1.165) is 49.4 Å².